The highest BCUT2D eigenvalue weighted by molar-refractivity contribution is 9.10. The van der Waals surface area contributed by atoms with Crippen LogP contribution in [0.25, 0.3) is 0 Å². The Balaban J connectivity index is 2.15. The number of aromatic amines is 1. The molecule has 0 fully saturated rings. The van der Waals surface area contributed by atoms with E-state index in [4.69, 9.17) is 0 Å². The molecule has 2 aromatic rings. The number of nitrogens with one attached hydrogen (secondary N) is 2. The summed E-state index contributed by atoms with van der Waals surface area (Å²) in [7, 11) is 0. The first-order valence-corrected chi connectivity index (χ1v) is 6.31. The van der Waals surface area contributed by atoms with Gasteiger partial charge >= 0.3 is 6.18 Å². The predicted octanol–water partition coefficient (Wildman–Crippen LogP) is 3.16. The number of alkyl halides is 3. The highest BCUT2D eigenvalue weighted by atomic mass is 79.9. The molecular formula is C12H9BrF3N3O. The van der Waals surface area contributed by atoms with Crippen LogP contribution in [-0.4, -0.2) is 9.97 Å². The molecule has 2 rings (SSSR count). The monoisotopic (exact) mass is 347 g/mol. The van der Waals surface area contributed by atoms with E-state index in [-0.39, 0.29) is 12.5 Å². The molecule has 0 aliphatic heterocycles. The molecule has 0 saturated heterocycles. The van der Waals surface area contributed by atoms with E-state index in [1.165, 1.54) is 0 Å². The zero-order valence-corrected chi connectivity index (χ0v) is 11.5. The molecule has 4 nitrogen and oxygen atoms in total. The van der Waals surface area contributed by atoms with Crippen molar-refractivity contribution in [3.63, 3.8) is 0 Å². The van der Waals surface area contributed by atoms with Crippen molar-refractivity contribution in [3.05, 3.63) is 56.4 Å². The Morgan fingerprint density at radius 3 is 2.50 bits per heavy atom. The average Bonchev–Trinajstić information content (AvgIpc) is 2.36. The van der Waals surface area contributed by atoms with Gasteiger partial charge in [0.05, 0.1) is 0 Å². The number of nitrogens with zero attached hydrogens (tertiary/aromatic N) is 1. The number of H-pyrrole nitrogens is 1. The van der Waals surface area contributed by atoms with E-state index < -0.39 is 17.4 Å². The summed E-state index contributed by atoms with van der Waals surface area (Å²) in [6, 6.07) is 7.62. The molecular weight excluding hydrogens is 339 g/mol. The summed E-state index contributed by atoms with van der Waals surface area (Å²) >= 11 is 3.28. The first-order valence-electron chi connectivity index (χ1n) is 5.51. The van der Waals surface area contributed by atoms with Crippen molar-refractivity contribution in [3.8, 4) is 0 Å². The van der Waals surface area contributed by atoms with Gasteiger partial charge in [0.15, 0.2) is 5.69 Å². The fraction of sp³-hybridized carbons (Fsp3) is 0.167. The Bertz CT molecular complexity index is 652. The summed E-state index contributed by atoms with van der Waals surface area (Å²) in [4.78, 5) is 16.7. The highest BCUT2D eigenvalue weighted by Crippen LogP contribution is 2.26. The van der Waals surface area contributed by atoms with Crippen LogP contribution in [0.15, 0.2) is 39.6 Å². The van der Waals surface area contributed by atoms with Gasteiger partial charge in [0, 0.05) is 17.1 Å². The van der Waals surface area contributed by atoms with Crippen molar-refractivity contribution in [2.24, 2.45) is 0 Å². The van der Waals surface area contributed by atoms with E-state index in [0.717, 1.165) is 10.0 Å². The lowest BCUT2D eigenvalue weighted by Crippen LogP contribution is -2.18. The molecule has 1 heterocycles. The second-order valence-electron chi connectivity index (χ2n) is 3.96. The third-order valence-corrected chi connectivity index (χ3v) is 2.93. The summed E-state index contributed by atoms with van der Waals surface area (Å²) in [6.45, 7) is 0.248. The van der Waals surface area contributed by atoms with Gasteiger partial charge in [-0.15, -0.1) is 0 Å². The van der Waals surface area contributed by atoms with Crippen LogP contribution >= 0.6 is 15.9 Å². The quantitative estimate of drug-likeness (QED) is 0.896. The number of hydrogen-bond acceptors (Lipinski definition) is 3. The van der Waals surface area contributed by atoms with Gasteiger partial charge < -0.3 is 5.32 Å². The smallest absolute Gasteiger partial charge is 0.352 e. The second-order valence-corrected chi connectivity index (χ2v) is 4.87. The predicted molar refractivity (Wildman–Crippen MR) is 71.3 cm³/mol. The summed E-state index contributed by atoms with van der Waals surface area (Å²) < 4.78 is 38.4. The fourth-order valence-electron chi connectivity index (χ4n) is 1.47. The second kappa shape index (κ2) is 5.66. The van der Waals surface area contributed by atoms with Gasteiger partial charge in [0.25, 0.3) is 5.56 Å². The van der Waals surface area contributed by atoms with E-state index in [0.29, 0.717) is 6.07 Å². The molecule has 8 heteroatoms. The van der Waals surface area contributed by atoms with Crippen LogP contribution in [0.2, 0.25) is 0 Å². The van der Waals surface area contributed by atoms with E-state index in [9.17, 15) is 18.0 Å². The molecule has 0 saturated carbocycles. The van der Waals surface area contributed by atoms with Crippen LogP contribution < -0.4 is 10.9 Å². The van der Waals surface area contributed by atoms with Gasteiger partial charge in [-0.25, -0.2) is 4.98 Å². The van der Waals surface area contributed by atoms with Crippen molar-refractivity contribution >= 4 is 21.9 Å². The lowest BCUT2D eigenvalue weighted by Gasteiger charge is -2.09. The van der Waals surface area contributed by atoms with Gasteiger partial charge in [-0.1, -0.05) is 28.1 Å². The normalized spacial score (nSPS) is 11.4. The number of rotatable bonds is 3. The van der Waals surface area contributed by atoms with Crippen molar-refractivity contribution in [2.75, 3.05) is 5.32 Å². The number of benzene rings is 1. The van der Waals surface area contributed by atoms with Gasteiger partial charge in [0.2, 0.25) is 5.95 Å². The summed E-state index contributed by atoms with van der Waals surface area (Å²) in [5, 5.41) is 2.65. The zero-order valence-electron chi connectivity index (χ0n) is 9.96. The molecule has 20 heavy (non-hydrogen) atoms. The first kappa shape index (κ1) is 14.6. The van der Waals surface area contributed by atoms with E-state index in [2.05, 4.69) is 31.2 Å². The van der Waals surface area contributed by atoms with Gasteiger partial charge in [-0.3, -0.25) is 9.78 Å². The van der Waals surface area contributed by atoms with E-state index >= 15 is 0 Å². The van der Waals surface area contributed by atoms with E-state index in [1.54, 1.807) is 24.3 Å². The number of aromatic nitrogens is 2. The molecule has 0 aliphatic rings. The molecule has 0 atom stereocenters. The number of hydrogen-bond donors (Lipinski definition) is 2. The largest absolute Gasteiger partial charge is 0.433 e. The highest BCUT2D eigenvalue weighted by Gasteiger charge is 2.33. The zero-order chi connectivity index (χ0) is 14.8. The molecule has 0 spiro atoms. The van der Waals surface area contributed by atoms with Crippen LogP contribution in [0.5, 0.6) is 0 Å². The van der Waals surface area contributed by atoms with Crippen LogP contribution in [0, 0.1) is 0 Å². The molecule has 1 aromatic heterocycles. The summed E-state index contributed by atoms with van der Waals surface area (Å²) in [6.07, 6.45) is -4.65. The van der Waals surface area contributed by atoms with Crippen molar-refractivity contribution < 1.29 is 13.2 Å². The molecule has 1 aromatic carbocycles. The van der Waals surface area contributed by atoms with Crippen LogP contribution in [-0.2, 0) is 12.7 Å². The first-order chi connectivity index (χ1) is 9.34. The Morgan fingerprint density at radius 2 is 1.90 bits per heavy atom. The summed E-state index contributed by atoms with van der Waals surface area (Å²) in [5.74, 6) is -0.215. The molecule has 2 N–H and O–H groups in total. The maximum absolute atomic E-state index is 12.5. The third kappa shape index (κ3) is 3.83. The lowest BCUT2D eigenvalue weighted by molar-refractivity contribution is -0.141. The minimum atomic E-state index is -4.65. The standard InChI is InChI=1S/C12H9BrF3N3O/c13-8-3-1-7(2-4-8)6-17-11-18-9(12(14,15)16)5-10(20)19-11/h1-5H,6H2,(H2,17,18,19,20). The van der Waals surface area contributed by atoms with Crippen molar-refractivity contribution in [2.45, 2.75) is 12.7 Å². The van der Waals surface area contributed by atoms with Gasteiger partial charge in [0.1, 0.15) is 0 Å². The van der Waals surface area contributed by atoms with Crippen LogP contribution in [0.3, 0.4) is 0 Å². The molecule has 0 amide bonds. The Kier molecular flexibility index (Phi) is 4.12. The van der Waals surface area contributed by atoms with Gasteiger partial charge in [-0.2, -0.15) is 13.2 Å². The van der Waals surface area contributed by atoms with Crippen molar-refractivity contribution in [1.82, 2.24) is 9.97 Å². The summed E-state index contributed by atoms with van der Waals surface area (Å²) in [5.41, 5.74) is -1.24. The number of anilines is 1. The van der Waals surface area contributed by atoms with Crippen molar-refractivity contribution in [1.29, 1.82) is 0 Å². The van der Waals surface area contributed by atoms with Crippen LogP contribution in [0.4, 0.5) is 19.1 Å². The number of halogens is 4. The SMILES string of the molecule is O=c1cc(C(F)(F)F)nc(NCc2ccc(Br)cc2)[nH]1. The Hall–Kier alpha value is -1.83. The van der Waals surface area contributed by atoms with E-state index in [1.807, 2.05) is 0 Å². The topological polar surface area (TPSA) is 57.8 Å². The maximum Gasteiger partial charge on any atom is 0.433 e. The third-order valence-electron chi connectivity index (χ3n) is 2.41. The molecule has 0 bridgehead atoms. The maximum atomic E-state index is 12.5. The molecule has 0 radical (unpaired) electrons. The molecule has 0 aliphatic carbocycles. The Morgan fingerprint density at radius 1 is 1.25 bits per heavy atom. The lowest BCUT2D eigenvalue weighted by atomic mass is 10.2. The molecule has 0 unspecified atom stereocenters. The van der Waals surface area contributed by atoms with Crippen LogP contribution in [0.1, 0.15) is 11.3 Å². The minimum Gasteiger partial charge on any atom is -0.352 e. The molecule has 106 valence electrons. The minimum absolute atomic E-state index is 0.215. The van der Waals surface area contributed by atoms with Gasteiger partial charge in [-0.05, 0) is 17.7 Å². The fourth-order valence-corrected chi connectivity index (χ4v) is 1.74. The Labute approximate surface area is 120 Å². The average molecular weight is 348 g/mol.